The van der Waals surface area contributed by atoms with Gasteiger partial charge in [-0.3, -0.25) is 0 Å². The van der Waals surface area contributed by atoms with Crippen LogP contribution in [0.3, 0.4) is 0 Å². The van der Waals surface area contributed by atoms with Crippen LogP contribution in [0.2, 0.25) is 25.7 Å². The molecule has 0 aliphatic rings. The molecule has 3 aromatic rings. The van der Waals surface area contributed by atoms with Gasteiger partial charge in [-0.05, 0) is 35.9 Å². The lowest BCUT2D eigenvalue weighted by Gasteiger charge is -2.15. The van der Waals surface area contributed by atoms with Gasteiger partial charge in [-0.15, -0.1) is 0 Å². The smallest absolute Gasteiger partial charge is 0.143 e. The van der Waals surface area contributed by atoms with Crippen molar-refractivity contribution >= 4 is 19.1 Å². The van der Waals surface area contributed by atoms with E-state index in [-0.39, 0.29) is 5.82 Å². The summed E-state index contributed by atoms with van der Waals surface area (Å²) in [6, 6.07) is 9.41. The van der Waals surface area contributed by atoms with E-state index in [1.54, 1.807) is 24.5 Å². The van der Waals surface area contributed by atoms with E-state index < -0.39 is 8.07 Å². The molecule has 0 atom stereocenters. The Morgan fingerprint density at radius 3 is 2.68 bits per heavy atom. The molecule has 0 unspecified atom stereocenters. The maximum Gasteiger partial charge on any atom is 0.143 e. The minimum atomic E-state index is -1.17. The van der Waals surface area contributed by atoms with Crippen LogP contribution in [0.15, 0.2) is 36.7 Å². The van der Waals surface area contributed by atoms with Gasteiger partial charge in [0.05, 0.1) is 12.7 Å². The van der Waals surface area contributed by atoms with Crippen LogP contribution in [0, 0.1) is 17.1 Å². The first-order chi connectivity index (χ1) is 13.3. The van der Waals surface area contributed by atoms with E-state index in [0.717, 1.165) is 6.04 Å². The zero-order chi connectivity index (χ0) is 20.3. The van der Waals surface area contributed by atoms with Gasteiger partial charge >= 0.3 is 0 Å². The van der Waals surface area contributed by atoms with Crippen LogP contribution in [0.1, 0.15) is 5.56 Å². The van der Waals surface area contributed by atoms with Crippen molar-refractivity contribution in [2.45, 2.75) is 32.4 Å². The zero-order valence-electron chi connectivity index (χ0n) is 16.6. The first-order valence-electron chi connectivity index (χ1n) is 9.13. The highest BCUT2D eigenvalue weighted by molar-refractivity contribution is 6.76. The number of nitriles is 1. The van der Waals surface area contributed by atoms with Crippen molar-refractivity contribution in [3.63, 3.8) is 0 Å². The van der Waals surface area contributed by atoms with Gasteiger partial charge in [-0.2, -0.15) is 5.26 Å². The standard InChI is InChI=1S/C21H24FN3O2Si/c1-26-19-6-5-16(22)11-18(19)17-7-8-24-21-20(17)15(12-23)13-25(21)14-27-9-10-28(2,3)4/h5-8,11,13H,9-10,14H2,1-4H3. The molecule has 0 bridgehead atoms. The summed E-state index contributed by atoms with van der Waals surface area (Å²) in [4.78, 5) is 4.45. The van der Waals surface area contributed by atoms with Gasteiger partial charge in [0.25, 0.3) is 0 Å². The zero-order valence-corrected chi connectivity index (χ0v) is 17.6. The topological polar surface area (TPSA) is 60.1 Å². The molecule has 2 heterocycles. The third-order valence-electron chi connectivity index (χ3n) is 4.56. The fraction of sp³-hybridized carbons (Fsp3) is 0.333. The number of ether oxygens (including phenoxy) is 2. The molecule has 0 fully saturated rings. The molecule has 0 aliphatic carbocycles. The average Bonchev–Trinajstić information content (AvgIpc) is 3.02. The molecule has 7 heteroatoms. The Hall–Kier alpha value is -2.69. The van der Waals surface area contributed by atoms with Crippen LogP contribution in [0.25, 0.3) is 22.2 Å². The SMILES string of the molecule is COc1ccc(F)cc1-c1ccnc2c1c(C#N)cn2COCC[Si](C)(C)C. The van der Waals surface area contributed by atoms with Crippen molar-refractivity contribution < 1.29 is 13.9 Å². The maximum absolute atomic E-state index is 13.9. The van der Waals surface area contributed by atoms with E-state index in [2.05, 4.69) is 30.7 Å². The molecule has 28 heavy (non-hydrogen) atoms. The van der Waals surface area contributed by atoms with Gasteiger partial charge in [-0.1, -0.05) is 19.6 Å². The number of hydrogen-bond donors (Lipinski definition) is 0. The molecule has 146 valence electrons. The second-order valence-electron chi connectivity index (χ2n) is 7.87. The van der Waals surface area contributed by atoms with Gasteiger partial charge in [0.1, 0.15) is 30.0 Å². The van der Waals surface area contributed by atoms with Crippen molar-refractivity contribution in [3.8, 4) is 22.9 Å². The highest BCUT2D eigenvalue weighted by atomic mass is 28.3. The first kappa shape index (κ1) is 20.1. The average molecular weight is 398 g/mol. The maximum atomic E-state index is 13.9. The van der Waals surface area contributed by atoms with E-state index in [9.17, 15) is 9.65 Å². The molecule has 5 nitrogen and oxygen atoms in total. The van der Waals surface area contributed by atoms with E-state index in [0.29, 0.717) is 46.8 Å². The number of aromatic nitrogens is 2. The molecule has 1 aromatic carbocycles. The van der Waals surface area contributed by atoms with Crippen LogP contribution in [0.5, 0.6) is 5.75 Å². The summed E-state index contributed by atoms with van der Waals surface area (Å²) in [5.41, 5.74) is 2.40. The third kappa shape index (κ3) is 4.24. The van der Waals surface area contributed by atoms with Crippen LogP contribution >= 0.6 is 0 Å². The highest BCUT2D eigenvalue weighted by Gasteiger charge is 2.18. The number of methoxy groups -OCH3 is 1. The molecule has 0 spiro atoms. The van der Waals surface area contributed by atoms with Crippen molar-refractivity contribution in [3.05, 3.63) is 48.0 Å². The van der Waals surface area contributed by atoms with Gasteiger partial charge in [0.15, 0.2) is 0 Å². The number of halogens is 1. The molecule has 0 aliphatic heterocycles. The Balaban J connectivity index is 2.02. The van der Waals surface area contributed by atoms with Crippen molar-refractivity contribution in [1.82, 2.24) is 9.55 Å². The van der Waals surface area contributed by atoms with Crippen molar-refractivity contribution in [2.24, 2.45) is 0 Å². The van der Waals surface area contributed by atoms with Crippen molar-refractivity contribution in [2.75, 3.05) is 13.7 Å². The van der Waals surface area contributed by atoms with E-state index in [4.69, 9.17) is 9.47 Å². The summed E-state index contributed by atoms with van der Waals surface area (Å²) in [6.07, 6.45) is 3.39. The Bertz CT molecular complexity index is 1030. The highest BCUT2D eigenvalue weighted by Crippen LogP contribution is 2.37. The third-order valence-corrected chi connectivity index (χ3v) is 6.26. The lowest BCUT2D eigenvalue weighted by molar-refractivity contribution is 0.0898. The predicted molar refractivity (Wildman–Crippen MR) is 110 cm³/mol. The second kappa shape index (κ2) is 8.13. The lowest BCUT2D eigenvalue weighted by Crippen LogP contribution is -2.22. The summed E-state index contributed by atoms with van der Waals surface area (Å²) in [6.45, 7) is 7.90. The molecule has 0 N–H and O–H groups in total. The molecule has 0 radical (unpaired) electrons. The Morgan fingerprint density at radius 2 is 2.00 bits per heavy atom. The van der Waals surface area contributed by atoms with Crippen LogP contribution < -0.4 is 4.74 Å². The Morgan fingerprint density at radius 1 is 1.21 bits per heavy atom. The van der Waals surface area contributed by atoms with Gasteiger partial charge < -0.3 is 14.0 Å². The van der Waals surface area contributed by atoms with E-state index in [1.165, 1.54) is 19.2 Å². The van der Waals surface area contributed by atoms with Crippen LogP contribution in [-0.2, 0) is 11.5 Å². The Labute approximate surface area is 165 Å². The molecule has 0 saturated carbocycles. The second-order valence-corrected chi connectivity index (χ2v) is 13.5. The van der Waals surface area contributed by atoms with Gasteiger partial charge in [0, 0.05) is 38.0 Å². The summed E-state index contributed by atoms with van der Waals surface area (Å²) >= 11 is 0. The van der Waals surface area contributed by atoms with E-state index >= 15 is 0 Å². The van der Waals surface area contributed by atoms with Gasteiger partial charge in [-0.25, -0.2) is 9.37 Å². The minimum absolute atomic E-state index is 0.319. The number of rotatable bonds is 7. The molecular formula is C21H24FN3O2Si. The van der Waals surface area contributed by atoms with E-state index in [1.807, 2.05) is 4.57 Å². The molecule has 0 saturated heterocycles. The molecule has 3 rings (SSSR count). The summed E-state index contributed by atoms with van der Waals surface area (Å²) in [7, 11) is 0.368. The summed E-state index contributed by atoms with van der Waals surface area (Å²) in [5, 5.41) is 10.3. The number of nitrogens with zero attached hydrogens (tertiary/aromatic N) is 3. The van der Waals surface area contributed by atoms with Crippen LogP contribution in [-0.4, -0.2) is 31.3 Å². The quantitative estimate of drug-likeness (QED) is 0.414. The van der Waals surface area contributed by atoms with Crippen molar-refractivity contribution in [1.29, 1.82) is 5.26 Å². The summed E-state index contributed by atoms with van der Waals surface area (Å²) in [5.74, 6) is 0.172. The number of hydrogen-bond acceptors (Lipinski definition) is 4. The van der Waals surface area contributed by atoms with Crippen LogP contribution in [0.4, 0.5) is 4.39 Å². The fourth-order valence-electron chi connectivity index (χ4n) is 3.06. The largest absolute Gasteiger partial charge is 0.496 e. The number of fused-ring (bicyclic) bond motifs is 1. The van der Waals surface area contributed by atoms with Gasteiger partial charge in [0.2, 0.25) is 0 Å². The number of pyridine rings is 1. The monoisotopic (exact) mass is 397 g/mol. The predicted octanol–water partition coefficient (Wildman–Crippen LogP) is 5.03. The Kier molecular flexibility index (Phi) is 5.82. The fourth-order valence-corrected chi connectivity index (χ4v) is 3.81. The normalized spacial score (nSPS) is 11.6. The number of benzene rings is 1. The molecule has 2 aromatic heterocycles. The minimum Gasteiger partial charge on any atom is -0.496 e. The molecule has 0 amide bonds. The lowest BCUT2D eigenvalue weighted by atomic mass is 10.0. The summed E-state index contributed by atoms with van der Waals surface area (Å²) < 4.78 is 27.0. The first-order valence-corrected chi connectivity index (χ1v) is 12.8. The molecular weight excluding hydrogens is 373 g/mol.